The van der Waals surface area contributed by atoms with Gasteiger partial charge in [-0.3, -0.25) is 9.59 Å². The topological polar surface area (TPSA) is 55.9 Å². The van der Waals surface area contributed by atoms with E-state index in [1.807, 2.05) is 6.92 Å². The van der Waals surface area contributed by atoms with Crippen molar-refractivity contribution in [3.05, 3.63) is 29.8 Å². The van der Waals surface area contributed by atoms with Gasteiger partial charge < -0.3 is 20.0 Å². The molecule has 0 bridgehead atoms. The fourth-order valence-electron chi connectivity index (χ4n) is 3.49. The second-order valence-electron chi connectivity index (χ2n) is 7.29. The number of hydrogen-bond donors (Lipinski definition) is 1. The van der Waals surface area contributed by atoms with Crippen LogP contribution in [0.2, 0.25) is 0 Å². The molecule has 1 N–H and O–H groups in total. The maximum absolute atomic E-state index is 12.4. The Morgan fingerprint density at radius 1 is 1.12 bits per heavy atom. The second kappa shape index (κ2) is 7.44. The van der Waals surface area contributed by atoms with Gasteiger partial charge >= 0.3 is 0 Å². The van der Waals surface area contributed by atoms with E-state index in [1.165, 1.54) is 5.69 Å². The number of carbonyl (C=O) groups excluding carboxylic acids is 2. The van der Waals surface area contributed by atoms with Crippen LogP contribution in [0.25, 0.3) is 0 Å². The number of nitrogens with one attached hydrogen (secondary N) is 1. The number of benzene rings is 1. The van der Waals surface area contributed by atoms with Crippen molar-refractivity contribution < 1.29 is 9.59 Å². The summed E-state index contributed by atoms with van der Waals surface area (Å²) in [6, 6.07) is 8.39. The van der Waals surface area contributed by atoms with Gasteiger partial charge in [0.25, 0.3) is 0 Å². The lowest BCUT2D eigenvalue weighted by Crippen LogP contribution is -2.44. The van der Waals surface area contributed by atoms with Crippen molar-refractivity contribution >= 4 is 17.5 Å². The molecule has 6 heteroatoms. The largest absolute Gasteiger partial charge is 0.369 e. The SMILES string of the molecule is C[C@H](NC(=O)[C@H]1CC(=O)N(C)C1)c1ccc(N2CCN(C)CC2)cc1. The Labute approximate surface area is 149 Å². The maximum Gasteiger partial charge on any atom is 0.225 e. The first-order valence-corrected chi connectivity index (χ1v) is 9.02. The van der Waals surface area contributed by atoms with Crippen LogP contribution >= 0.6 is 0 Å². The van der Waals surface area contributed by atoms with E-state index >= 15 is 0 Å². The van der Waals surface area contributed by atoms with Crippen LogP contribution in [-0.2, 0) is 9.59 Å². The standard InChI is InChI=1S/C19H28N4O2/c1-14(20-19(25)16-12-18(24)22(3)13-16)15-4-6-17(7-5-15)23-10-8-21(2)9-11-23/h4-7,14,16H,8-13H2,1-3H3,(H,20,25)/t14-,16-/m0/s1. The number of piperazine rings is 1. The molecule has 2 fully saturated rings. The summed E-state index contributed by atoms with van der Waals surface area (Å²) in [7, 11) is 3.90. The first-order valence-electron chi connectivity index (χ1n) is 9.02. The molecule has 2 saturated heterocycles. The van der Waals surface area contributed by atoms with Crippen LogP contribution in [0.15, 0.2) is 24.3 Å². The number of amides is 2. The fourth-order valence-corrected chi connectivity index (χ4v) is 3.49. The quantitative estimate of drug-likeness (QED) is 0.889. The van der Waals surface area contributed by atoms with E-state index in [-0.39, 0.29) is 23.8 Å². The molecule has 0 aromatic heterocycles. The molecule has 136 valence electrons. The third-order valence-corrected chi connectivity index (χ3v) is 5.33. The van der Waals surface area contributed by atoms with Crippen LogP contribution in [0.1, 0.15) is 24.9 Å². The fraction of sp³-hybridized carbons (Fsp3) is 0.579. The number of hydrogen-bond acceptors (Lipinski definition) is 4. The molecule has 2 amide bonds. The maximum atomic E-state index is 12.4. The van der Waals surface area contributed by atoms with Crippen LogP contribution in [0.5, 0.6) is 0 Å². The zero-order valence-electron chi connectivity index (χ0n) is 15.4. The van der Waals surface area contributed by atoms with Crippen molar-refractivity contribution in [3.8, 4) is 0 Å². The molecule has 0 radical (unpaired) electrons. The third-order valence-electron chi connectivity index (χ3n) is 5.33. The predicted molar refractivity (Wildman–Crippen MR) is 98.5 cm³/mol. The summed E-state index contributed by atoms with van der Waals surface area (Å²) in [4.78, 5) is 30.3. The van der Waals surface area contributed by atoms with Gasteiger partial charge in [-0.25, -0.2) is 0 Å². The normalized spacial score (nSPS) is 23.0. The van der Waals surface area contributed by atoms with Crippen LogP contribution in [0.3, 0.4) is 0 Å². The number of rotatable bonds is 4. The molecule has 1 aromatic rings. The first kappa shape index (κ1) is 17.7. The van der Waals surface area contributed by atoms with Gasteiger partial charge in [0.1, 0.15) is 0 Å². The lowest BCUT2D eigenvalue weighted by molar-refractivity contribution is -0.128. The molecule has 3 rings (SSSR count). The van der Waals surface area contributed by atoms with E-state index in [0.29, 0.717) is 13.0 Å². The molecular weight excluding hydrogens is 316 g/mol. The van der Waals surface area contributed by atoms with E-state index < -0.39 is 0 Å². The Balaban J connectivity index is 1.56. The summed E-state index contributed by atoms with van der Waals surface area (Å²) in [6.45, 7) is 6.77. The van der Waals surface area contributed by atoms with Gasteiger partial charge in [0.2, 0.25) is 11.8 Å². The van der Waals surface area contributed by atoms with Crippen LogP contribution in [0, 0.1) is 5.92 Å². The molecule has 2 aliphatic rings. The Morgan fingerprint density at radius 2 is 1.76 bits per heavy atom. The minimum absolute atomic E-state index is 0.0339. The predicted octanol–water partition coefficient (Wildman–Crippen LogP) is 1.09. The molecular formula is C19H28N4O2. The smallest absolute Gasteiger partial charge is 0.225 e. The van der Waals surface area contributed by atoms with Crippen molar-refractivity contribution in [2.75, 3.05) is 51.7 Å². The van der Waals surface area contributed by atoms with Gasteiger partial charge in [-0.05, 0) is 31.7 Å². The molecule has 1 aromatic carbocycles. The van der Waals surface area contributed by atoms with E-state index in [2.05, 4.69) is 46.4 Å². The van der Waals surface area contributed by atoms with Crippen LogP contribution in [0.4, 0.5) is 5.69 Å². The van der Waals surface area contributed by atoms with Crippen molar-refractivity contribution in [2.45, 2.75) is 19.4 Å². The molecule has 6 nitrogen and oxygen atoms in total. The lowest BCUT2D eigenvalue weighted by atomic mass is 10.0. The van der Waals surface area contributed by atoms with Crippen molar-refractivity contribution in [1.29, 1.82) is 0 Å². The van der Waals surface area contributed by atoms with E-state index in [0.717, 1.165) is 31.7 Å². The summed E-state index contributed by atoms with van der Waals surface area (Å²) in [6.07, 6.45) is 0.317. The molecule has 2 aliphatic heterocycles. The summed E-state index contributed by atoms with van der Waals surface area (Å²) >= 11 is 0. The Morgan fingerprint density at radius 3 is 2.32 bits per heavy atom. The monoisotopic (exact) mass is 344 g/mol. The van der Waals surface area contributed by atoms with Crippen LogP contribution in [-0.4, -0.2) is 68.4 Å². The number of likely N-dealkylation sites (tertiary alicyclic amines) is 1. The van der Waals surface area contributed by atoms with E-state index in [4.69, 9.17) is 0 Å². The molecule has 2 heterocycles. The average Bonchev–Trinajstić information content (AvgIpc) is 2.95. The minimum atomic E-state index is -0.232. The average molecular weight is 344 g/mol. The molecule has 0 aliphatic carbocycles. The van der Waals surface area contributed by atoms with Crippen molar-refractivity contribution in [3.63, 3.8) is 0 Å². The summed E-state index contributed by atoms with van der Waals surface area (Å²) < 4.78 is 0. The zero-order valence-corrected chi connectivity index (χ0v) is 15.4. The van der Waals surface area contributed by atoms with Gasteiger partial charge in [-0.2, -0.15) is 0 Å². The molecule has 2 atom stereocenters. The third kappa shape index (κ3) is 4.12. The Bertz CT molecular complexity index is 623. The summed E-state index contributed by atoms with van der Waals surface area (Å²) in [5, 5.41) is 3.05. The highest BCUT2D eigenvalue weighted by molar-refractivity contribution is 5.89. The van der Waals surface area contributed by atoms with Gasteiger partial charge in [0.15, 0.2) is 0 Å². The highest BCUT2D eigenvalue weighted by Gasteiger charge is 2.32. The Hall–Kier alpha value is -2.08. The van der Waals surface area contributed by atoms with E-state index in [9.17, 15) is 9.59 Å². The molecule has 0 saturated carbocycles. The van der Waals surface area contributed by atoms with E-state index in [1.54, 1.807) is 11.9 Å². The van der Waals surface area contributed by atoms with Gasteiger partial charge in [-0.1, -0.05) is 12.1 Å². The van der Waals surface area contributed by atoms with Crippen molar-refractivity contribution in [2.24, 2.45) is 5.92 Å². The highest BCUT2D eigenvalue weighted by Crippen LogP contribution is 2.22. The summed E-state index contributed by atoms with van der Waals surface area (Å²) in [5.41, 5.74) is 2.32. The molecule has 0 unspecified atom stereocenters. The zero-order chi connectivity index (χ0) is 18.0. The van der Waals surface area contributed by atoms with Gasteiger partial charge in [0.05, 0.1) is 12.0 Å². The minimum Gasteiger partial charge on any atom is -0.369 e. The second-order valence-corrected chi connectivity index (χ2v) is 7.29. The highest BCUT2D eigenvalue weighted by atomic mass is 16.2. The number of nitrogens with zero attached hydrogens (tertiary/aromatic N) is 3. The van der Waals surface area contributed by atoms with Gasteiger partial charge in [0, 0.05) is 51.9 Å². The number of carbonyl (C=O) groups is 2. The lowest BCUT2D eigenvalue weighted by Gasteiger charge is -2.34. The molecule has 25 heavy (non-hydrogen) atoms. The molecule has 0 spiro atoms. The van der Waals surface area contributed by atoms with Crippen LogP contribution < -0.4 is 10.2 Å². The Kier molecular flexibility index (Phi) is 5.27. The first-order chi connectivity index (χ1) is 11.9. The number of likely N-dealkylation sites (N-methyl/N-ethyl adjacent to an activating group) is 1. The van der Waals surface area contributed by atoms with Gasteiger partial charge in [-0.15, -0.1) is 0 Å². The number of anilines is 1. The van der Waals surface area contributed by atoms with Crippen molar-refractivity contribution in [1.82, 2.24) is 15.1 Å². The summed E-state index contributed by atoms with van der Waals surface area (Å²) in [5.74, 6) is -0.220.